The van der Waals surface area contributed by atoms with E-state index in [2.05, 4.69) is 10.1 Å². The fraction of sp³-hybridized carbons (Fsp3) is 0.750. The van der Waals surface area contributed by atoms with Gasteiger partial charge in [0, 0.05) is 18.5 Å². The summed E-state index contributed by atoms with van der Waals surface area (Å²) in [4.78, 5) is 17.2. The first-order chi connectivity index (χ1) is 9.06. The fourth-order valence-electron chi connectivity index (χ4n) is 2.03. The Kier molecular flexibility index (Phi) is 4.49. The van der Waals surface area contributed by atoms with Crippen molar-refractivity contribution in [3.63, 3.8) is 0 Å². The molecule has 0 radical (unpaired) electrons. The minimum atomic E-state index is -0.825. The molecule has 1 aliphatic rings. The molecule has 1 N–H and O–H groups in total. The number of ether oxygens (including phenoxy) is 1. The zero-order valence-corrected chi connectivity index (χ0v) is 11.2. The first-order valence-electron chi connectivity index (χ1n) is 6.42. The molecule has 0 spiro atoms. The van der Waals surface area contributed by atoms with Crippen LogP contribution in [0.15, 0.2) is 4.52 Å². The molecule has 0 saturated carbocycles. The van der Waals surface area contributed by atoms with Gasteiger partial charge in [-0.05, 0) is 0 Å². The summed E-state index contributed by atoms with van der Waals surface area (Å²) in [7, 11) is 0. The van der Waals surface area contributed by atoms with E-state index in [1.54, 1.807) is 0 Å². The highest BCUT2D eigenvalue weighted by atomic mass is 16.5. The van der Waals surface area contributed by atoms with Crippen molar-refractivity contribution in [3.05, 3.63) is 11.7 Å². The molecule has 1 atom stereocenters. The van der Waals surface area contributed by atoms with Crippen LogP contribution in [0.25, 0.3) is 0 Å². The predicted molar refractivity (Wildman–Crippen MR) is 65.7 cm³/mol. The van der Waals surface area contributed by atoms with Crippen LogP contribution in [0.3, 0.4) is 0 Å². The molecule has 1 fully saturated rings. The normalized spacial score (nSPS) is 20.9. The van der Waals surface area contributed by atoms with E-state index in [1.165, 1.54) is 0 Å². The molecule has 0 amide bonds. The van der Waals surface area contributed by atoms with Gasteiger partial charge in [0.25, 0.3) is 0 Å². The van der Waals surface area contributed by atoms with Crippen molar-refractivity contribution in [3.8, 4) is 0 Å². The zero-order chi connectivity index (χ0) is 13.8. The van der Waals surface area contributed by atoms with Gasteiger partial charge in [0.1, 0.15) is 0 Å². The van der Waals surface area contributed by atoms with Gasteiger partial charge in [-0.15, -0.1) is 0 Å². The topological polar surface area (TPSA) is 88.7 Å². The molecule has 0 aromatic carbocycles. The highest BCUT2D eigenvalue weighted by molar-refractivity contribution is 5.67. The van der Waals surface area contributed by atoms with Crippen LogP contribution in [0.1, 0.15) is 37.9 Å². The van der Waals surface area contributed by atoms with E-state index in [-0.39, 0.29) is 18.4 Å². The largest absolute Gasteiger partial charge is 0.481 e. The third-order valence-corrected chi connectivity index (χ3v) is 3.10. The number of carboxylic acids is 1. The monoisotopic (exact) mass is 269 g/mol. The van der Waals surface area contributed by atoms with Crippen molar-refractivity contribution in [1.29, 1.82) is 0 Å². The maximum Gasteiger partial charge on any atom is 0.305 e. The third-order valence-electron chi connectivity index (χ3n) is 3.10. The van der Waals surface area contributed by atoms with E-state index in [4.69, 9.17) is 14.4 Å². The first kappa shape index (κ1) is 14.0. The SMILES string of the molecule is CC(C)c1noc(CN2CCOCC2CC(=O)O)n1. The Hall–Kier alpha value is -1.47. The molecule has 0 aliphatic carbocycles. The summed E-state index contributed by atoms with van der Waals surface area (Å²) in [6.07, 6.45) is 0.0607. The van der Waals surface area contributed by atoms with E-state index < -0.39 is 5.97 Å². The minimum absolute atomic E-state index is 0.0607. The number of nitrogens with zero attached hydrogens (tertiary/aromatic N) is 3. The van der Waals surface area contributed by atoms with Crippen molar-refractivity contribution in [1.82, 2.24) is 15.0 Å². The van der Waals surface area contributed by atoms with Crippen LogP contribution >= 0.6 is 0 Å². The van der Waals surface area contributed by atoms with E-state index in [9.17, 15) is 4.79 Å². The van der Waals surface area contributed by atoms with Crippen molar-refractivity contribution in [2.24, 2.45) is 0 Å². The summed E-state index contributed by atoms with van der Waals surface area (Å²) < 4.78 is 10.5. The van der Waals surface area contributed by atoms with Crippen molar-refractivity contribution in [2.45, 2.75) is 38.8 Å². The Bertz CT molecular complexity index is 432. The smallest absolute Gasteiger partial charge is 0.305 e. The summed E-state index contributed by atoms with van der Waals surface area (Å²) in [5.41, 5.74) is 0. The lowest BCUT2D eigenvalue weighted by atomic mass is 10.1. The maximum absolute atomic E-state index is 10.8. The number of aliphatic carboxylic acids is 1. The number of hydrogen-bond acceptors (Lipinski definition) is 6. The van der Waals surface area contributed by atoms with Gasteiger partial charge in [0.05, 0.1) is 26.2 Å². The fourth-order valence-corrected chi connectivity index (χ4v) is 2.03. The van der Waals surface area contributed by atoms with Crippen molar-refractivity contribution in [2.75, 3.05) is 19.8 Å². The highest BCUT2D eigenvalue weighted by Crippen LogP contribution is 2.16. The minimum Gasteiger partial charge on any atom is -0.481 e. The zero-order valence-electron chi connectivity index (χ0n) is 11.2. The number of hydrogen-bond donors (Lipinski definition) is 1. The molecule has 106 valence electrons. The summed E-state index contributed by atoms with van der Waals surface area (Å²) in [6.45, 7) is 6.17. The average molecular weight is 269 g/mol. The summed E-state index contributed by atoms with van der Waals surface area (Å²) in [5, 5.41) is 12.8. The molecule has 7 nitrogen and oxygen atoms in total. The Morgan fingerprint density at radius 2 is 2.37 bits per heavy atom. The Balaban J connectivity index is 1.99. The van der Waals surface area contributed by atoms with Gasteiger partial charge in [-0.1, -0.05) is 19.0 Å². The van der Waals surface area contributed by atoms with E-state index in [0.29, 0.717) is 38.0 Å². The second-order valence-electron chi connectivity index (χ2n) is 5.00. The van der Waals surface area contributed by atoms with Crippen LogP contribution in [-0.2, 0) is 16.1 Å². The quantitative estimate of drug-likeness (QED) is 0.848. The molecular formula is C12H19N3O4. The highest BCUT2D eigenvalue weighted by Gasteiger charge is 2.27. The lowest BCUT2D eigenvalue weighted by molar-refractivity contribution is -0.140. The van der Waals surface area contributed by atoms with Crippen molar-refractivity contribution < 1.29 is 19.2 Å². The molecule has 2 heterocycles. The van der Waals surface area contributed by atoms with Gasteiger partial charge < -0.3 is 14.4 Å². The lowest BCUT2D eigenvalue weighted by Gasteiger charge is -2.33. The van der Waals surface area contributed by atoms with Gasteiger partial charge in [-0.25, -0.2) is 0 Å². The Morgan fingerprint density at radius 1 is 1.58 bits per heavy atom. The van der Waals surface area contributed by atoms with Gasteiger partial charge in [-0.2, -0.15) is 4.98 Å². The van der Waals surface area contributed by atoms with Gasteiger partial charge in [-0.3, -0.25) is 9.69 Å². The van der Waals surface area contributed by atoms with Crippen LogP contribution in [0.4, 0.5) is 0 Å². The second kappa shape index (κ2) is 6.12. The molecule has 2 rings (SSSR count). The average Bonchev–Trinajstić information content (AvgIpc) is 2.80. The molecule has 1 aromatic rings. The molecule has 7 heteroatoms. The Morgan fingerprint density at radius 3 is 3.00 bits per heavy atom. The predicted octanol–water partition coefficient (Wildman–Crippen LogP) is 0.869. The molecule has 1 unspecified atom stereocenters. The molecule has 1 aromatic heterocycles. The maximum atomic E-state index is 10.8. The second-order valence-corrected chi connectivity index (χ2v) is 5.00. The molecular weight excluding hydrogens is 250 g/mol. The summed E-state index contributed by atoms with van der Waals surface area (Å²) in [5.74, 6) is 0.602. The van der Waals surface area contributed by atoms with E-state index in [1.807, 2.05) is 18.7 Å². The lowest BCUT2D eigenvalue weighted by Crippen LogP contribution is -2.45. The molecule has 1 aliphatic heterocycles. The Labute approximate surface area is 111 Å². The van der Waals surface area contributed by atoms with Crippen LogP contribution < -0.4 is 0 Å². The number of morpholine rings is 1. The summed E-state index contributed by atoms with van der Waals surface area (Å²) in [6, 6.07) is -0.138. The number of carbonyl (C=O) groups is 1. The number of carboxylic acid groups (broad SMARTS) is 1. The van der Waals surface area contributed by atoms with Crippen molar-refractivity contribution >= 4 is 5.97 Å². The summed E-state index contributed by atoms with van der Waals surface area (Å²) >= 11 is 0. The van der Waals surface area contributed by atoms with Gasteiger partial charge in [0.2, 0.25) is 5.89 Å². The van der Waals surface area contributed by atoms with Crippen LogP contribution in [0.5, 0.6) is 0 Å². The number of aromatic nitrogens is 2. The van der Waals surface area contributed by atoms with Gasteiger partial charge in [0.15, 0.2) is 5.82 Å². The molecule has 0 bridgehead atoms. The van der Waals surface area contributed by atoms with E-state index >= 15 is 0 Å². The standard InChI is InChI=1S/C12H19N3O4/c1-8(2)12-13-10(19-14-12)6-15-3-4-18-7-9(15)5-11(16)17/h8-9H,3-7H2,1-2H3,(H,16,17). The van der Waals surface area contributed by atoms with Gasteiger partial charge >= 0.3 is 5.97 Å². The van der Waals surface area contributed by atoms with Crippen LogP contribution in [-0.4, -0.2) is 51.9 Å². The molecule has 19 heavy (non-hydrogen) atoms. The third kappa shape index (κ3) is 3.74. The first-order valence-corrected chi connectivity index (χ1v) is 6.42. The van der Waals surface area contributed by atoms with Crippen LogP contribution in [0.2, 0.25) is 0 Å². The number of rotatable bonds is 5. The molecule has 1 saturated heterocycles. The van der Waals surface area contributed by atoms with E-state index in [0.717, 1.165) is 0 Å². The van der Waals surface area contributed by atoms with Crippen LogP contribution in [0, 0.1) is 0 Å².